The summed E-state index contributed by atoms with van der Waals surface area (Å²) in [5, 5.41) is 0.238. The van der Waals surface area contributed by atoms with E-state index in [9.17, 15) is 27.2 Å². The SMILES string of the molecule is CCCc1cc(-c2nc(-c3cc(CCC(=O)C(C)(C)C(F)(F)F)ccc3Cl)[nH]c(=O)n2)ccc1F. The molecule has 1 heterocycles. The first-order chi connectivity index (χ1) is 16.3. The van der Waals surface area contributed by atoms with Gasteiger partial charge in [0, 0.05) is 17.5 Å². The van der Waals surface area contributed by atoms with Gasteiger partial charge in [-0.25, -0.2) is 14.2 Å². The fraction of sp³-hybridized carbons (Fsp3) is 0.360. The topological polar surface area (TPSA) is 75.7 Å². The third-order valence-corrected chi connectivity index (χ3v) is 6.14. The fourth-order valence-electron chi connectivity index (χ4n) is 3.45. The average Bonchev–Trinajstić information content (AvgIpc) is 2.78. The Morgan fingerprint density at radius 3 is 2.43 bits per heavy atom. The molecule has 0 bridgehead atoms. The highest BCUT2D eigenvalue weighted by Gasteiger charge is 2.51. The van der Waals surface area contributed by atoms with Crippen LogP contribution < -0.4 is 5.69 Å². The highest BCUT2D eigenvalue weighted by molar-refractivity contribution is 6.33. The number of aromatic amines is 1. The number of nitrogens with zero attached hydrogens (tertiary/aromatic N) is 2. The highest BCUT2D eigenvalue weighted by atomic mass is 35.5. The number of Topliss-reactive ketones (excluding diaryl/α,β-unsaturated/α-hetero) is 1. The van der Waals surface area contributed by atoms with E-state index < -0.39 is 23.1 Å². The first kappa shape index (κ1) is 26.5. The normalized spacial score (nSPS) is 12.1. The van der Waals surface area contributed by atoms with E-state index >= 15 is 0 Å². The Morgan fingerprint density at radius 2 is 1.77 bits per heavy atom. The maximum atomic E-state index is 14.0. The number of H-pyrrole nitrogens is 1. The lowest BCUT2D eigenvalue weighted by atomic mass is 9.84. The van der Waals surface area contributed by atoms with E-state index in [1.54, 1.807) is 18.2 Å². The number of ketones is 1. The van der Waals surface area contributed by atoms with E-state index in [0.717, 1.165) is 20.3 Å². The van der Waals surface area contributed by atoms with E-state index in [1.165, 1.54) is 18.2 Å². The van der Waals surface area contributed by atoms with Gasteiger partial charge in [0.25, 0.3) is 0 Å². The van der Waals surface area contributed by atoms with Crippen molar-refractivity contribution in [3.63, 3.8) is 0 Å². The van der Waals surface area contributed by atoms with Gasteiger partial charge < -0.3 is 0 Å². The van der Waals surface area contributed by atoms with Crippen LogP contribution in [0.2, 0.25) is 5.02 Å². The Morgan fingerprint density at radius 1 is 1.06 bits per heavy atom. The predicted molar refractivity (Wildman–Crippen MR) is 126 cm³/mol. The fourth-order valence-corrected chi connectivity index (χ4v) is 3.66. The number of halogens is 5. The second-order valence-electron chi connectivity index (χ2n) is 8.74. The number of alkyl halides is 3. The van der Waals surface area contributed by atoms with Crippen LogP contribution in [-0.2, 0) is 17.6 Å². The van der Waals surface area contributed by atoms with Crippen molar-refractivity contribution in [3.05, 3.63) is 68.8 Å². The molecule has 1 aromatic heterocycles. The number of benzene rings is 2. The summed E-state index contributed by atoms with van der Waals surface area (Å²) in [6.07, 6.45) is -3.69. The summed E-state index contributed by atoms with van der Waals surface area (Å²) in [4.78, 5) is 35.3. The Kier molecular flexibility index (Phi) is 7.79. The van der Waals surface area contributed by atoms with Gasteiger partial charge in [-0.3, -0.25) is 9.78 Å². The summed E-state index contributed by atoms with van der Waals surface area (Å²) in [6.45, 7) is 3.63. The van der Waals surface area contributed by atoms with Gasteiger partial charge in [-0.15, -0.1) is 0 Å². The summed E-state index contributed by atoms with van der Waals surface area (Å²) in [7, 11) is 0. The van der Waals surface area contributed by atoms with Crippen LogP contribution in [0.1, 0.15) is 44.7 Å². The highest BCUT2D eigenvalue weighted by Crippen LogP contribution is 2.39. The molecule has 5 nitrogen and oxygen atoms in total. The van der Waals surface area contributed by atoms with Crippen molar-refractivity contribution in [2.75, 3.05) is 0 Å². The maximum Gasteiger partial charge on any atom is 0.400 e. The molecule has 0 aliphatic carbocycles. The van der Waals surface area contributed by atoms with Crippen molar-refractivity contribution in [1.29, 1.82) is 0 Å². The zero-order chi connectivity index (χ0) is 26.0. The number of carbonyl (C=O) groups excluding carboxylic acids is 1. The van der Waals surface area contributed by atoms with Gasteiger partial charge in [-0.05, 0) is 68.1 Å². The lowest BCUT2D eigenvalue weighted by Gasteiger charge is -2.26. The molecule has 0 spiro atoms. The van der Waals surface area contributed by atoms with Crippen molar-refractivity contribution >= 4 is 17.4 Å². The smallest absolute Gasteiger partial charge is 0.299 e. The van der Waals surface area contributed by atoms with Crippen LogP contribution in [0.3, 0.4) is 0 Å². The number of rotatable bonds is 8. The summed E-state index contributed by atoms with van der Waals surface area (Å²) in [6, 6.07) is 9.02. The predicted octanol–water partition coefficient (Wildman–Crippen LogP) is 6.33. The molecule has 2 aromatic carbocycles. The molecule has 35 heavy (non-hydrogen) atoms. The third-order valence-electron chi connectivity index (χ3n) is 5.81. The van der Waals surface area contributed by atoms with Crippen LogP contribution in [0.5, 0.6) is 0 Å². The third kappa shape index (κ3) is 5.96. The van der Waals surface area contributed by atoms with Crippen LogP contribution in [0.4, 0.5) is 17.6 Å². The van der Waals surface area contributed by atoms with Crippen LogP contribution in [0, 0.1) is 11.2 Å². The molecule has 0 unspecified atom stereocenters. The quantitative estimate of drug-likeness (QED) is 0.360. The Bertz CT molecular complexity index is 1300. The zero-order valence-electron chi connectivity index (χ0n) is 19.4. The van der Waals surface area contributed by atoms with Gasteiger partial charge in [0.1, 0.15) is 22.8 Å². The number of nitrogens with one attached hydrogen (secondary N) is 1. The van der Waals surface area contributed by atoms with Crippen molar-refractivity contribution in [3.8, 4) is 22.8 Å². The molecule has 3 rings (SSSR count). The van der Waals surface area contributed by atoms with E-state index in [4.69, 9.17) is 11.6 Å². The molecule has 0 radical (unpaired) electrons. The van der Waals surface area contributed by atoms with Gasteiger partial charge in [0.2, 0.25) is 0 Å². The number of aryl methyl sites for hydroxylation is 2. The minimum atomic E-state index is -4.65. The Balaban J connectivity index is 1.93. The minimum Gasteiger partial charge on any atom is -0.299 e. The first-order valence-corrected chi connectivity index (χ1v) is 11.4. The number of carbonyl (C=O) groups is 1. The van der Waals surface area contributed by atoms with E-state index in [-0.39, 0.29) is 35.3 Å². The zero-order valence-corrected chi connectivity index (χ0v) is 20.1. The first-order valence-electron chi connectivity index (χ1n) is 11.0. The minimum absolute atomic E-state index is 0.0447. The summed E-state index contributed by atoms with van der Waals surface area (Å²) in [5.41, 5.74) is -1.36. The average molecular weight is 510 g/mol. The molecule has 1 N–H and O–H groups in total. The molecule has 186 valence electrons. The molecule has 3 aromatic rings. The number of hydrogen-bond donors (Lipinski definition) is 1. The van der Waals surface area contributed by atoms with Crippen LogP contribution in [0.15, 0.2) is 41.2 Å². The lowest BCUT2D eigenvalue weighted by Crippen LogP contribution is -2.39. The van der Waals surface area contributed by atoms with Crippen molar-refractivity contribution in [2.45, 2.75) is 52.6 Å². The monoisotopic (exact) mass is 509 g/mol. The second kappa shape index (κ2) is 10.3. The summed E-state index contributed by atoms with van der Waals surface area (Å²) in [5.74, 6) is -1.13. The molecular weight excluding hydrogens is 486 g/mol. The molecule has 0 aliphatic rings. The van der Waals surface area contributed by atoms with Gasteiger partial charge >= 0.3 is 11.9 Å². The van der Waals surface area contributed by atoms with Crippen LogP contribution in [0.25, 0.3) is 22.8 Å². The van der Waals surface area contributed by atoms with Crippen molar-refractivity contribution in [1.82, 2.24) is 15.0 Å². The summed E-state index contributed by atoms with van der Waals surface area (Å²) >= 11 is 6.32. The molecule has 0 atom stereocenters. The maximum absolute atomic E-state index is 14.0. The molecule has 0 saturated carbocycles. The van der Waals surface area contributed by atoms with Crippen LogP contribution >= 0.6 is 11.6 Å². The molecule has 0 fully saturated rings. The summed E-state index contributed by atoms with van der Waals surface area (Å²) < 4.78 is 53.5. The molecule has 0 saturated heterocycles. The van der Waals surface area contributed by atoms with Crippen molar-refractivity contribution in [2.24, 2.45) is 5.41 Å². The molecule has 0 amide bonds. The number of hydrogen-bond acceptors (Lipinski definition) is 4. The van der Waals surface area contributed by atoms with Gasteiger partial charge in [0.05, 0.1) is 5.02 Å². The van der Waals surface area contributed by atoms with Gasteiger partial charge in [-0.1, -0.05) is 31.0 Å². The molecule has 10 heteroatoms. The number of aromatic nitrogens is 3. The van der Waals surface area contributed by atoms with Gasteiger partial charge in [-0.2, -0.15) is 18.2 Å². The molecular formula is C25H24ClF4N3O2. The molecule has 0 aliphatic heterocycles. The Hall–Kier alpha value is -3.07. The Labute approximate surface area is 204 Å². The lowest BCUT2D eigenvalue weighted by molar-refractivity contribution is -0.210. The van der Waals surface area contributed by atoms with E-state index in [2.05, 4.69) is 15.0 Å². The largest absolute Gasteiger partial charge is 0.400 e. The van der Waals surface area contributed by atoms with Crippen LogP contribution in [-0.4, -0.2) is 26.9 Å². The van der Waals surface area contributed by atoms with E-state index in [1.807, 2.05) is 6.92 Å². The standard InChI is InChI=1S/C25H24ClF4N3O2/c1-4-5-15-13-16(8-10-19(15)27)21-31-22(33-23(35)32-21)17-12-14(6-9-18(17)26)7-11-20(34)24(2,3)25(28,29)30/h6,8-10,12-13H,4-5,7,11H2,1-3H3,(H,31,32,33,35). The van der Waals surface area contributed by atoms with Gasteiger partial charge in [0.15, 0.2) is 5.82 Å². The van der Waals surface area contributed by atoms with Crippen molar-refractivity contribution < 1.29 is 22.4 Å². The van der Waals surface area contributed by atoms with E-state index in [0.29, 0.717) is 28.7 Å². The second-order valence-corrected chi connectivity index (χ2v) is 9.15.